The van der Waals surface area contributed by atoms with E-state index in [1.54, 1.807) is 18.2 Å². The van der Waals surface area contributed by atoms with Crippen molar-refractivity contribution in [2.75, 3.05) is 19.7 Å². The molecule has 1 aromatic heterocycles. The number of likely N-dealkylation sites (tertiary alicyclic amines) is 1. The van der Waals surface area contributed by atoms with Crippen molar-refractivity contribution in [3.63, 3.8) is 0 Å². The van der Waals surface area contributed by atoms with Crippen LogP contribution in [0.25, 0.3) is 10.9 Å². The van der Waals surface area contributed by atoms with Gasteiger partial charge in [-0.2, -0.15) is 0 Å². The SMILES string of the molecule is CCCOC(=O)c1ccc2[nH]c(C)c(CN3CCC[C@@H](C)C3)c(=O)c2c1. The number of carbonyl (C=O) groups is 1. The molecule has 2 heterocycles. The van der Waals surface area contributed by atoms with Crippen LogP contribution in [-0.2, 0) is 11.3 Å². The first-order chi connectivity index (χ1) is 12.5. The molecule has 0 spiro atoms. The van der Waals surface area contributed by atoms with Gasteiger partial charge in [0.25, 0.3) is 0 Å². The Balaban J connectivity index is 1.94. The van der Waals surface area contributed by atoms with Crippen LogP contribution in [0.1, 0.15) is 54.7 Å². The van der Waals surface area contributed by atoms with Crippen molar-refractivity contribution in [2.45, 2.75) is 46.6 Å². The van der Waals surface area contributed by atoms with E-state index in [0.717, 1.165) is 36.3 Å². The zero-order valence-electron chi connectivity index (χ0n) is 15.9. The zero-order valence-corrected chi connectivity index (χ0v) is 15.9. The van der Waals surface area contributed by atoms with Gasteiger partial charge < -0.3 is 9.72 Å². The number of fused-ring (bicyclic) bond motifs is 1. The first-order valence-corrected chi connectivity index (χ1v) is 9.54. The highest BCUT2D eigenvalue weighted by atomic mass is 16.5. The topological polar surface area (TPSA) is 62.4 Å². The molecule has 5 nitrogen and oxygen atoms in total. The number of H-pyrrole nitrogens is 1. The number of esters is 1. The molecule has 2 aromatic rings. The molecular formula is C21H28N2O3. The largest absolute Gasteiger partial charge is 0.462 e. The van der Waals surface area contributed by atoms with E-state index in [4.69, 9.17) is 4.74 Å². The monoisotopic (exact) mass is 356 g/mol. The minimum atomic E-state index is -0.375. The molecule has 0 unspecified atom stereocenters. The molecule has 26 heavy (non-hydrogen) atoms. The lowest BCUT2D eigenvalue weighted by atomic mass is 9.99. The summed E-state index contributed by atoms with van der Waals surface area (Å²) in [4.78, 5) is 30.9. The maximum absolute atomic E-state index is 13.1. The third-order valence-electron chi connectivity index (χ3n) is 5.11. The van der Waals surface area contributed by atoms with Gasteiger partial charge in [-0.1, -0.05) is 13.8 Å². The van der Waals surface area contributed by atoms with Crippen LogP contribution < -0.4 is 5.43 Å². The van der Waals surface area contributed by atoms with E-state index in [1.165, 1.54) is 12.8 Å². The second kappa shape index (κ2) is 8.04. The number of ether oxygens (including phenoxy) is 1. The third-order valence-corrected chi connectivity index (χ3v) is 5.11. The minimum Gasteiger partial charge on any atom is -0.462 e. The van der Waals surface area contributed by atoms with Gasteiger partial charge in [-0.15, -0.1) is 0 Å². The van der Waals surface area contributed by atoms with Gasteiger partial charge in [0.1, 0.15) is 0 Å². The van der Waals surface area contributed by atoms with E-state index in [0.29, 0.717) is 30.0 Å². The summed E-state index contributed by atoms with van der Waals surface area (Å²) in [5, 5.41) is 0.557. The Labute approximate surface area is 154 Å². The van der Waals surface area contributed by atoms with Gasteiger partial charge in [0.05, 0.1) is 12.2 Å². The van der Waals surface area contributed by atoms with Crippen molar-refractivity contribution in [2.24, 2.45) is 5.92 Å². The Hall–Kier alpha value is -2.14. The molecular weight excluding hydrogens is 328 g/mol. The summed E-state index contributed by atoms with van der Waals surface area (Å²) in [6.07, 6.45) is 3.21. The fraction of sp³-hybridized carbons (Fsp3) is 0.524. The summed E-state index contributed by atoms with van der Waals surface area (Å²) in [6.45, 7) is 9.27. The molecule has 5 heteroatoms. The van der Waals surface area contributed by atoms with Crippen LogP contribution >= 0.6 is 0 Å². The summed E-state index contributed by atoms with van der Waals surface area (Å²) < 4.78 is 5.19. The first kappa shape index (κ1) is 18.6. The number of hydrogen-bond acceptors (Lipinski definition) is 4. The quantitative estimate of drug-likeness (QED) is 0.831. The average molecular weight is 356 g/mol. The number of benzene rings is 1. The molecule has 1 aliphatic heterocycles. The Morgan fingerprint density at radius 1 is 1.38 bits per heavy atom. The summed E-state index contributed by atoms with van der Waals surface area (Å²) in [6, 6.07) is 5.16. The number of pyridine rings is 1. The maximum Gasteiger partial charge on any atom is 0.338 e. The molecule has 1 N–H and O–H groups in total. The fourth-order valence-electron chi connectivity index (χ4n) is 3.70. The Morgan fingerprint density at radius 3 is 2.92 bits per heavy atom. The van der Waals surface area contributed by atoms with Gasteiger partial charge in [-0.05, 0) is 56.8 Å². The van der Waals surface area contributed by atoms with E-state index in [1.807, 2.05) is 13.8 Å². The van der Waals surface area contributed by atoms with Crippen LogP contribution in [0.4, 0.5) is 0 Å². The Bertz CT molecular complexity index is 856. The third kappa shape index (κ3) is 3.98. The van der Waals surface area contributed by atoms with Gasteiger partial charge in [0, 0.05) is 35.2 Å². The lowest BCUT2D eigenvalue weighted by Gasteiger charge is -2.31. The molecule has 1 aromatic carbocycles. The van der Waals surface area contributed by atoms with Crippen LogP contribution in [0.2, 0.25) is 0 Å². The number of rotatable bonds is 5. The van der Waals surface area contributed by atoms with Crippen molar-refractivity contribution >= 4 is 16.9 Å². The van der Waals surface area contributed by atoms with Gasteiger partial charge in [-0.25, -0.2) is 4.79 Å². The lowest BCUT2D eigenvalue weighted by molar-refractivity contribution is 0.0505. The number of piperidine rings is 1. The summed E-state index contributed by atoms with van der Waals surface area (Å²) in [5.74, 6) is 0.295. The zero-order chi connectivity index (χ0) is 18.7. The number of aromatic amines is 1. The number of carbonyl (C=O) groups excluding carboxylic acids is 1. The minimum absolute atomic E-state index is 0.0135. The lowest BCUT2D eigenvalue weighted by Crippen LogP contribution is -2.35. The summed E-state index contributed by atoms with van der Waals surface area (Å²) in [5.41, 5.74) is 2.90. The molecule has 1 saturated heterocycles. The van der Waals surface area contributed by atoms with Crippen LogP contribution in [-0.4, -0.2) is 35.5 Å². The van der Waals surface area contributed by atoms with E-state index >= 15 is 0 Å². The fourth-order valence-corrected chi connectivity index (χ4v) is 3.70. The number of hydrogen-bond donors (Lipinski definition) is 1. The van der Waals surface area contributed by atoms with E-state index in [2.05, 4.69) is 16.8 Å². The first-order valence-electron chi connectivity index (χ1n) is 9.54. The van der Waals surface area contributed by atoms with Crippen molar-refractivity contribution < 1.29 is 9.53 Å². The van der Waals surface area contributed by atoms with Gasteiger partial charge in [0.2, 0.25) is 0 Å². The standard InChI is InChI=1S/C21H28N2O3/c1-4-10-26-21(25)16-7-8-19-17(11-16)20(24)18(15(3)22-19)13-23-9-5-6-14(2)12-23/h7-8,11,14H,4-6,9-10,12-13H2,1-3H3,(H,22,24)/t14-/m1/s1. The summed E-state index contributed by atoms with van der Waals surface area (Å²) >= 11 is 0. The number of nitrogens with one attached hydrogen (secondary N) is 1. The molecule has 3 rings (SSSR count). The second-order valence-corrected chi connectivity index (χ2v) is 7.44. The number of aromatic nitrogens is 1. The van der Waals surface area contributed by atoms with Crippen LogP contribution in [0.3, 0.4) is 0 Å². The van der Waals surface area contributed by atoms with E-state index < -0.39 is 0 Å². The van der Waals surface area contributed by atoms with Crippen molar-refractivity contribution in [3.05, 3.63) is 45.2 Å². The number of nitrogens with zero attached hydrogens (tertiary/aromatic N) is 1. The number of aryl methyl sites for hydroxylation is 1. The van der Waals surface area contributed by atoms with Gasteiger partial charge in [0.15, 0.2) is 5.43 Å². The molecule has 140 valence electrons. The summed E-state index contributed by atoms with van der Waals surface area (Å²) in [7, 11) is 0. The predicted octanol–water partition coefficient (Wildman–Crippen LogP) is 3.64. The molecule has 0 saturated carbocycles. The highest BCUT2D eigenvalue weighted by molar-refractivity contribution is 5.94. The highest BCUT2D eigenvalue weighted by Crippen LogP contribution is 2.20. The molecule has 0 bridgehead atoms. The van der Waals surface area contributed by atoms with Gasteiger partial charge >= 0.3 is 5.97 Å². The molecule has 0 amide bonds. The predicted molar refractivity (Wildman–Crippen MR) is 104 cm³/mol. The highest BCUT2D eigenvalue weighted by Gasteiger charge is 2.19. The van der Waals surface area contributed by atoms with Crippen LogP contribution in [0.5, 0.6) is 0 Å². The molecule has 1 aliphatic rings. The van der Waals surface area contributed by atoms with E-state index in [-0.39, 0.29) is 11.4 Å². The maximum atomic E-state index is 13.1. The van der Waals surface area contributed by atoms with E-state index in [9.17, 15) is 9.59 Å². The Kier molecular flexibility index (Phi) is 5.77. The molecule has 0 aliphatic carbocycles. The smallest absolute Gasteiger partial charge is 0.338 e. The normalized spacial score (nSPS) is 18.2. The van der Waals surface area contributed by atoms with Crippen molar-refractivity contribution in [1.29, 1.82) is 0 Å². The average Bonchev–Trinajstić information content (AvgIpc) is 2.63. The van der Waals surface area contributed by atoms with Crippen LogP contribution in [0, 0.1) is 12.8 Å². The van der Waals surface area contributed by atoms with Crippen molar-refractivity contribution in [3.8, 4) is 0 Å². The van der Waals surface area contributed by atoms with Gasteiger partial charge in [-0.3, -0.25) is 9.69 Å². The Morgan fingerprint density at radius 2 is 2.19 bits per heavy atom. The molecule has 1 atom stereocenters. The van der Waals surface area contributed by atoms with Crippen LogP contribution in [0.15, 0.2) is 23.0 Å². The molecule has 1 fully saturated rings. The second-order valence-electron chi connectivity index (χ2n) is 7.44. The molecule has 0 radical (unpaired) electrons. The van der Waals surface area contributed by atoms with Crippen molar-refractivity contribution in [1.82, 2.24) is 9.88 Å².